The molecule has 1 aliphatic rings. The molecular formula is C12H15BrN2O3. The zero-order valence-corrected chi connectivity index (χ0v) is 11.7. The number of carboxylic acid groups (broad SMARTS) is 1. The molecule has 1 amide bonds. The minimum atomic E-state index is -0.920. The highest BCUT2D eigenvalue weighted by Gasteiger charge is 2.33. The number of hydrogen-bond donors (Lipinski definition) is 1. The van der Waals surface area contributed by atoms with E-state index in [2.05, 4.69) is 15.9 Å². The van der Waals surface area contributed by atoms with Crippen molar-refractivity contribution in [3.63, 3.8) is 0 Å². The van der Waals surface area contributed by atoms with E-state index in [1.54, 1.807) is 23.9 Å². The van der Waals surface area contributed by atoms with Crippen molar-refractivity contribution in [2.24, 2.45) is 7.05 Å². The van der Waals surface area contributed by atoms with Crippen LogP contribution in [0.1, 0.15) is 29.8 Å². The molecule has 0 bridgehead atoms. The van der Waals surface area contributed by atoms with Crippen molar-refractivity contribution in [2.45, 2.75) is 25.3 Å². The number of piperidine rings is 1. The first-order valence-corrected chi connectivity index (χ1v) is 6.65. The molecule has 0 saturated carbocycles. The second-order valence-corrected chi connectivity index (χ2v) is 5.42. The molecule has 1 fully saturated rings. The van der Waals surface area contributed by atoms with Gasteiger partial charge < -0.3 is 14.6 Å². The molecule has 0 spiro atoms. The van der Waals surface area contributed by atoms with Gasteiger partial charge in [-0.25, -0.2) is 4.79 Å². The van der Waals surface area contributed by atoms with Crippen molar-refractivity contribution in [1.29, 1.82) is 0 Å². The lowest BCUT2D eigenvalue weighted by atomic mass is 10.0. The molecule has 98 valence electrons. The summed E-state index contributed by atoms with van der Waals surface area (Å²) in [4.78, 5) is 25.0. The highest BCUT2D eigenvalue weighted by molar-refractivity contribution is 9.10. The van der Waals surface area contributed by atoms with Crippen LogP contribution in [0.25, 0.3) is 0 Å². The average Bonchev–Trinajstić information content (AvgIpc) is 2.67. The minimum Gasteiger partial charge on any atom is -0.480 e. The lowest BCUT2D eigenvalue weighted by Gasteiger charge is -2.32. The van der Waals surface area contributed by atoms with Gasteiger partial charge in [-0.05, 0) is 41.3 Å². The smallest absolute Gasteiger partial charge is 0.326 e. The number of aliphatic carboxylic acids is 1. The molecule has 1 aliphatic heterocycles. The molecule has 5 nitrogen and oxygen atoms in total. The largest absolute Gasteiger partial charge is 0.480 e. The Morgan fingerprint density at radius 2 is 2.17 bits per heavy atom. The van der Waals surface area contributed by atoms with Crippen molar-refractivity contribution in [3.8, 4) is 0 Å². The Morgan fingerprint density at radius 1 is 1.44 bits per heavy atom. The van der Waals surface area contributed by atoms with Crippen molar-refractivity contribution in [1.82, 2.24) is 9.47 Å². The molecule has 1 saturated heterocycles. The number of aromatic nitrogens is 1. The fourth-order valence-electron chi connectivity index (χ4n) is 2.32. The first-order valence-electron chi connectivity index (χ1n) is 5.86. The number of carboxylic acids is 1. The molecule has 6 heteroatoms. The molecule has 0 aromatic carbocycles. The molecular weight excluding hydrogens is 300 g/mol. The van der Waals surface area contributed by atoms with Crippen LogP contribution in [0.3, 0.4) is 0 Å². The number of amides is 1. The van der Waals surface area contributed by atoms with Crippen LogP contribution in [-0.2, 0) is 11.8 Å². The van der Waals surface area contributed by atoms with Gasteiger partial charge in [0.2, 0.25) is 0 Å². The number of aryl methyl sites for hydroxylation is 1. The first-order chi connectivity index (χ1) is 8.50. The Morgan fingerprint density at radius 3 is 2.72 bits per heavy atom. The van der Waals surface area contributed by atoms with Gasteiger partial charge in [-0.2, -0.15) is 0 Å². The van der Waals surface area contributed by atoms with Gasteiger partial charge in [0.25, 0.3) is 5.91 Å². The molecule has 18 heavy (non-hydrogen) atoms. The number of rotatable bonds is 2. The van der Waals surface area contributed by atoms with Gasteiger partial charge in [0.15, 0.2) is 0 Å². The van der Waals surface area contributed by atoms with E-state index in [1.807, 2.05) is 0 Å². The number of nitrogens with zero attached hydrogens (tertiary/aromatic N) is 2. The van der Waals surface area contributed by atoms with Crippen LogP contribution >= 0.6 is 15.9 Å². The lowest BCUT2D eigenvalue weighted by Crippen LogP contribution is -2.48. The molecule has 2 rings (SSSR count). The molecule has 1 N–H and O–H groups in total. The second-order valence-electron chi connectivity index (χ2n) is 4.50. The Balaban J connectivity index is 2.26. The third-order valence-corrected chi connectivity index (χ3v) is 3.67. The van der Waals surface area contributed by atoms with Crippen LogP contribution in [0.4, 0.5) is 0 Å². The van der Waals surface area contributed by atoms with Crippen LogP contribution < -0.4 is 0 Å². The summed E-state index contributed by atoms with van der Waals surface area (Å²) in [6.07, 6.45) is 4.04. The summed E-state index contributed by atoms with van der Waals surface area (Å²) < 4.78 is 2.53. The van der Waals surface area contributed by atoms with E-state index in [4.69, 9.17) is 5.11 Å². The Hall–Kier alpha value is -1.30. The third kappa shape index (κ3) is 2.43. The maximum absolute atomic E-state index is 12.4. The van der Waals surface area contributed by atoms with E-state index in [9.17, 15) is 9.59 Å². The van der Waals surface area contributed by atoms with E-state index >= 15 is 0 Å². The first kappa shape index (κ1) is 13.1. The van der Waals surface area contributed by atoms with Crippen LogP contribution in [0.15, 0.2) is 16.7 Å². The van der Waals surface area contributed by atoms with Gasteiger partial charge in [-0.1, -0.05) is 0 Å². The van der Waals surface area contributed by atoms with Crippen LogP contribution in [0, 0.1) is 0 Å². The normalized spacial score (nSPS) is 19.9. The summed E-state index contributed by atoms with van der Waals surface area (Å²) in [5, 5.41) is 9.17. The molecule has 1 aromatic rings. The molecule has 0 unspecified atom stereocenters. The molecule has 1 aromatic heterocycles. The molecule has 2 heterocycles. The standard InChI is InChI=1S/C12H15BrN2O3/c1-14-7-8(13)6-10(14)11(16)15-5-3-2-4-9(15)12(17)18/h6-7,9H,2-5H2,1H3,(H,17,18)/t9-/m1/s1. The number of halogens is 1. The highest BCUT2D eigenvalue weighted by atomic mass is 79.9. The molecule has 0 radical (unpaired) electrons. The van der Waals surface area contributed by atoms with Crippen molar-refractivity contribution >= 4 is 27.8 Å². The van der Waals surface area contributed by atoms with Gasteiger partial charge in [0.05, 0.1) is 0 Å². The van der Waals surface area contributed by atoms with Gasteiger partial charge in [0.1, 0.15) is 11.7 Å². The number of likely N-dealkylation sites (tertiary alicyclic amines) is 1. The molecule has 1 atom stereocenters. The van der Waals surface area contributed by atoms with Crippen LogP contribution in [0.5, 0.6) is 0 Å². The fraction of sp³-hybridized carbons (Fsp3) is 0.500. The topological polar surface area (TPSA) is 62.5 Å². The number of carbonyl (C=O) groups excluding carboxylic acids is 1. The van der Waals surface area contributed by atoms with Crippen molar-refractivity contribution in [3.05, 3.63) is 22.4 Å². The Bertz CT molecular complexity index is 484. The summed E-state index contributed by atoms with van der Waals surface area (Å²) in [5.41, 5.74) is 0.509. The van der Waals surface area contributed by atoms with Gasteiger partial charge in [-0.15, -0.1) is 0 Å². The van der Waals surface area contributed by atoms with Crippen LogP contribution in [0.2, 0.25) is 0 Å². The lowest BCUT2D eigenvalue weighted by molar-refractivity contribution is -0.143. The number of hydrogen-bond acceptors (Lipinski definition) is 2. The quantitative estimate of drug-likeness (QED) is 0.906. The summed E-state index contributed by atoms with van der Waals surface area (Å²) >= 11 is 3.31. The fourth-order valence-corrected chi connectivity index (χ4v) is 2.84. The SMILES string of the molecule is Cn1cc(Br)cc1C(=O)N1CCCC[C@@H]1C(=O)O. The summed E-state index contributed by atoms with van der Waals surface area (Å²) in [6, 6.07) is 1.02. The zero-order valence-electron chi connectivity index (χ0n) is 10.1. The number of carbonyl (C=O) groups is 2. The summed E-state index contributed by atoms with van der Waals surface area (Å²) in [7, 11) is 1.78. The predicted octanol–water partition coefficient (Wildman–Crippen LogP) is 1.87. The van der Waals surface area contributed by atoms with Gasteiger partial charge in [0, 0.05) is 24.3 Å². The predicted molar refractivity (Wildman–Crippen MR) is 69.4 cm³/mol. The van der Waals surface area contributed by atoms with E-state index in [0.29, 0.717) is 18.7 Å². The average molecular weight is 315 g/mol. The second kappa shape index (κ2) is 5.14. The van der Waals surface area contributed by atoms with Gasteiger partial charge >= 0.3 is 5.97 Å². The maximum atomic E-state index is 12.4. The van der Waals surface area contributed by atoms with E-state index in [1.165, 1.54) is 4.90 Å². The Kier molecular flexibility index (Phi) is 3.75. The molecule has 0 aliphatic carbocycles. The Labute approximate surface area is 114 Å². The van der Waals surface area contributed by atoms with Crippen LogP contribution in [-0.4, -0.2) is 39.0 Å². The van der Waals surface area contributed by atoms with E-state index < -0.39 is 12.0 Å². The van der Waals surface area contributed by atoms with E-state index in [-0.39, 0.29) is 5.91 Å². The summed E-state index contributed by atoms with van der Waals surface area (Å²) in [6.45, 7) is 0.512. The van der Waals surface area contributed by atoms with Crippen molar-refractivity contribution < 1.29 is 14.7 Å². The third-order valence-electron chi connectivity index (χ3n) is 3.24. The van der Waals surface area contributed by atoms with E-state index in [0.717, 1.165) is 17.3 Å². The highest BCUT2D eigenvalue weighted by Crippen LogP contribution is 2.22. The monoisotopic (exact) mass is 314 g/mol. The van der Waals surface area contributed by atoms with Crippen molar-refractivity contribution in [2.75, 3.05) is 6.54 Å². The van der Waals surface area contributed by atoms with Gasteiger partial charge in [-0.3, -0.25) is 4.79 Å². The summed E-state index contributed by atoms with van der Waals surface area (Å²) in [5.74, 6) is -1.13. The zero-order chi connectivity index (χ0) is 13.3. The minimum absolute atomic E-state index is 0.213. The maximum Gasteiger partial charge on any atom is 0.326 e.